The number of rotatable bonds is 5. The quantitative estimate of drug-likeness (QED) is 0.719. The molecule has 1 aliphatic rings. The van der Waals surface area contributed by atoms with Gasteiger partial charge in [-0.05, 0) is 51.8 Å². The minimum absolute atomic E-state index is 0.216. The van der Waals surface area contributed by atoms with E-state index < -0.39 is 0 Å². The third-order valence-electron chi connectivity index (χ3n) is 4.32. The first-order valence-corrected chi connectivity index (χ1v) is 9.66. The summed E-state index contributed by atoms with van der Waals surface area (Å²) in [5.41, 5.74) is 1.45. The van der Waals surface area contributed by atoms with E-state index in [1.54, 1.807) is 48.4 Å². The molecule has 0 aliphatic carbocycles. The molecule has 146 valence electrons. The molecule has 1 fully saturated rings. The highest BCUT2D eigenvalue weighted by Gasteiger charge is 2.23. The number of nitrogens with zero attached hydrogens (tertiary/aromatic N) is 1. The Kier molecular flexibility index (Phi) is 6.84. The fraction of sp³-hybridized carbons (Fsp3) is 0.238. The predicted octanol–water partition coefficient (Wildman–Crippen LogP) is 3.09. The van der Waals surface area contributed by atoms with Crippen molar-refractivity contribution in [1.82, 2.24) is 10.2 Å². The molecule has 2 aromatic rings. The number of carbonyl (C=O) groups is 2. The van der Waals surface area contributed by atoms with Crippen LogP contribution < -0.4 is 10.1 Å². The Bertz CT molecular complexity index is 874. The lowest BCUT2D eigenvalue weighted by molar-refractivity contribution is -0.131. The highest BCUT2D eigenvalue weighted by atomic mass is 79.9. The fourth-order valence-corrected chi connectivity index (χ4v) is 3.25. The lowest BCUT2D eigenvalue weighted by Crippen LogP contribution is -2.44. The topological polar surface area (TPSA) is 67.9 Å². The zero-order valence-electron chi connectivity index (χ0n) is 15.5. The van der Waals surface area contributed by atoms with Crippen molar-refractivity contribution in [2.75, 3.05) is 33.4 Å². The van der Waals surface area contributed by atoms with Crippen LogP contribution in [-0.4, -0.2) is 50.1 Å². The van der Waals surface area contributed by atoms with Crippen molar-refractivity contribution in [2.24, 2.45) is 0 Å². The van der Waals surface area contributed by atoms with Crippen molar-refractivity contribution in [2.45, 2.75) is 0 Å². The molecule has 2 amide bonds. The normalized spacial score (nSPS) is 14.5. The number of carbonyl (C=O) groups excluding carboxylic acids is 2. The van der Waals surface area contributed by atoms with Crippen LogP contribution in [0.5, 0.6) is 5.75 Å². The third-order valence-corrected chi connectivity index (χ3v) is 5.01. The minimum atomic E-state index is -0.353. The highest BCUT2D eigenvalue weighted by molar-refractivity contribution is 9.10. The first-order valence-electron chi connectivity index (χ1n) is 8.87. The van der Waals surface area contributed by atoms with Gasteiger partial charge in [0.05, 0.1) is 25.9 Å². The average Bonchev–Trinajstić information content (AvgIpc) is 2.74. The maximum atomic E-state index is 13.0. The van der Waals surface area contributed by atoms with Gasteiger partial charge in [0, 0.05) is 17.6 Å². The van der Waals surface area contributed by atoms with E-state index >= 15 is 0 Å². The molecule has 1 N–H and O–H groups in total. The largest absolute Gasteiger partial charge is 0.497 e. The van der Waals surface area contributed by atoms with Crippen LogP contribution in [0.3, 0.4) is 0 Å². The lowest BCUT2D eigenvalue weighted by atomic mass is 10.1. The molecule has 0 unspecified atom stereocenters. The number of halogens is 1. The molecule has 1 aliphatic heterocycles. The number of nitrogens with one attached hydrogen (secondary N) is 1. The Balaban J connectivity index is 1.88. The summed E-state index contributed by atoms with van der Waals surface area (Å²) in [7, 11) is 1.59. The van der Waals surface area contributed by atoms with Crippen LogP contribution >= 0.6 is 15.9 Å². The van der Waals surface area contributed by atoms with Crippen molar-refractivity contribution in [3.63, 3.8) is 0 Å². The van der Waals surface area contributed by atoms with Crippen molar-refractivity contribution in [1.29, 1.82) is 0 Å². The van der Waals surface area contributed by atoms with Gasteiger partial charge in [0.15, 0.2) is 0 Å². The Labute approximate surface area is 172 Å². The molecule has 0 saturated carbocycles. The lowest BCUT2D eigenvalue weighted by Gasteiger charge is -2.28. The summed E-state index contributed by atoms with van der Waals surface area (Å²) in [5.74, 6) is 0.129. The second kappa shape index (κ2) is 9.52. The molecule has 0 bridgehead atoms. The number of ether oxygens (including phenoxy) is 2. The van der Waals surface area contributed by atoms with E-state index in [0.717, 1.165) is 11.3 Å². The molecule has 3 rings (SSSR count). The predicted molar refractivity (Wildman–Crippen MR) is 110 cm³/mol. The zero-order chi connectivity index (χ0) is 19.9. The maximum Gasteiger partial charge on any atom is 0.270 e. The Morgan fingerprint density at radius 2 is 1.79 bits per heavy atom. The fourth-order valence-electron chi connectivity index (χ4n) is 2.79. The van der Waals surface area contributed by atoms with Crippen LogP contribution in [0.2, 0.25) is 0 Å². The number of hydrogen-bond donors (Lipinski definition) is 1. The van der Waals surface area contributed by atoms with Crippen LogP contribution in [-0.2, 0) is 9.53 Å². The van der Waals surface area contributed by atoms with Crippen molar-refractivity contribution >= 4 is 33.8 Å². The van der Waals surface area contributed by atoms with Crippen LogP contribution in [0.15, 0.2) is 58.7 Å². The number of morpholine rings is 1. The van der Waals surface area contributed by atoms with Gasteiger partial charge >= 0.3 is 0 Å². The van der Waals surface area contributed by atoms with Gasteiger partial charge in [-0.2, -0.15) is 0 Å². The second-order valence-electron chi connectivity index (χ2n) is 6.17. The van der Waals surface area contributed by atoms with Crippen LogP contribution in [0.1, 0.15) is 15.9 Å². The molecule has 6 nitrogen and oxygen atoms in total. The highest BCUT2D eigenvalue weighted by Crippen LogP contribution is 2.18. The Hall–Kier alpha value is -2.64. The number of hydrogen-bond acceptors (Lipinski definition) is 4. The summed E-state index contributed by atoms with van der Waals surface area (Å²) in [6.07, 6.45) is 1.67. The molecule has 28 heavy (non-hydrogen) atoms. The monoisotopic (exact) mass is 444 g/mol. The van der Waals surface area contributed by atoms with Gasteiger partial charge in [-0.1, -0.05) is 24.3 Å². The summed E-state index contributed by atoms with van der Waals surface area (Å²) in [6, 6.07) is 14.3. The first kappa shape index (κ1) is 20.1. The minimum Gasteiger partial charge on any atom is -0.497 e. The Morgan fingerprint density at radius 1 is 1.11 bits per heavy atom. The molecule has 1 heterocycles. The van der Waals surface area contributed by atoms with E-state index in [4.69, 9.17) is 9.47 Å². The summed E-state index contributed by atoms with van der Waals surface area (Å²) in [4.78, 5) is 27.5. The van der Waals surface area contributed by atoms with Gasteiger partial charge in [0.25, 0.3) is 11.8 Å². The number of amides is 2. The molecule has 1 saturated heterocycles. The van der Waals surface area contributed by atoms with E-state index in [2.05, 4.69) is 21.2 Å². The van der Waals surface area contributed by atoms with E-state index in [0.29, 0.717) is 36.3 Å². The molecule has 0 atom stereocenters. The molecular weight excluding hydrogens is 424 g/mol. The Morgan fingerprint density at radius 3 is 2.43 bits per heavy atom. The van der Waals surface area contributed by atoms with E-state index in [-0.39, 0.29) is 17.5 Å². The van der Waals surface area contributed by atoms with E-state index in [1.165, 1.54) is 0 Å². The maximum absolute atomic E-state index is 13.0. The SMILES string of the molecule is COc1ccc(/C=C(\NC(=O)c2ccccc2Br)C(=O)N2CCOCC2)cc1. The zero-order valence-corrected chi connectivity index (χ0v) is 17.1. The molecule has 2 aromatic carbocycles. The van der Waals surface area contributed by atoms with Crippen molar-refractivity contribution in [3.05, 3.63) is 69.8 Å². The first-order chi connectivity index (χ1) is 13.6. The molecule has 0 radical (unpaired) electrons. The number of benzene rings is 2. The second-order valence-corrected chi connectivity index (χ2v) is 7.02. The molecule has 7 heteroatoms. The third kappa shape index (κ3) is 4.99. The van der Waals surface area contributed by atoms with Crippen molar-refractivity contribution < 1.29 is 19.1 Å². The van der Waals surface area contributed by atoms with Gasteiger partial charge in [0.2, 0.25) is 0 Å². The van der Waals surface area contributed by atoms with Gasteiger partial charge in [0.1, 0.15) is 11.4 Å². The molecular formula is C21H21BrN2O4. The van der Waals surface area contributed by atoms with E-state index in [1.807, 2.05) is 18.2 Å². The summed E-state index contributed by atoms with van der Waals surface area (Å²) in [6.45, 7) is 1.95. The van der Waals surface area contributed by atoms with E-state index in [9.17, 15) is 9.59 Å². The van der Waals surface area contributed by atoms with Gasteiger partial charge < -0.3 is 19.7 Å². The van der Waals surface area contributed by atoms with Gasteiger partial charge in [-0.15, -0.1) is 0 Å². The summed E-state index contributed by atoms with van der Waals surface area (Å²) in [5, 5.41) is 2.78. The number of methoxy groups -OCH3 is 1. The average molecular weight is 445 g/mol. The summed E-state index contributed by atoms with van der Waals surface area (Å²) >= 11 is 3.38. The van der Waals surface area contributed by atoms with Crippen LogP contribution in [0, 0.1) is 0 Å². The van der Waals surface area contributed by atoms with Crippen molar-refractivity contribution in [3.8, 4) is 5.75 Å². The van der Waals surface area contributed by atoms with Crippen LogP contribution in [0.25, 0.3) is 6.08 Å². The standard InChI is InChI=1S/C21H21BrN2O4/c1-27-16-8-6-15(7-9-16)14-19(21(26)24-10-12-28-13-11-24)23-20(25)17-4-2-3-5-18(17)22/h2-9,14H,10-13H2,1H3,(H,23,25)/b19-14-. The van der Waals surface area contributed by atoms with Crippen LogP contribution in [0.4, 0.5) is 0 Å². The molecule has 0 spiro atoms. The molecule has 0 aromatic heterocycles. The summed E-state index contributed by atoms with van der Waals surface area (Å²) < 4.78 is 11.1. The smallest absolute Gasteiger partial charge is 0.270 e. The van der Waals surface area contributed by atoms with Gasteiger partial charge in [-0.3, -0.25) is 9.59 Å². The van der Waals surface area contributed by atoms with Gasteiger partial charge in [-0.25, -0.2) is 0 Å².